The van der Waals surface area contributed by atoms with Gasteiger partial charge in [0.25, 0.3) is 0 Å². The quantitative estimate of drug-likeness (QED) is 0.168. The first-order chi connectivity index (χ1) is 17.0. The third-order valence-corrected chi connectivity index (χ3v) is 6.89. The van der Waals surface area contributed by atoms with E-state index in [1.165, 1.54) is 17.3 Å². The summed E-state index contributed by atoms with van der Waals surface area (Å²) in [5.74, 6) is 1.87. The van der Waals surface area contributed by atoms with Crippen LogP contribution in [0, 0.1) is 0 Å². The highest BCUT2D eigenvalue weighted by molar-refractivity contribution is 7.99. The molecule has 0 radical (unpaired) electrons. The third kappa shape index (κ3) is 8.45. The number of benzene rings is 2. The van der Waals surface area contributed by atoms with Crippen LogP contribution in [-0.2, 0) is 27.6 Å². The summed E-state index contributed by atoms with van der Waals surface area (Å²) in [6.07, 6.45) is 2.53. The molecule has 0 spiro atoms. The lowest BCUT2D eigenvalue weighted by Gasteiger charge is -2.09. The number of aromatic nitrogens is 3. The van der Waals surface area contributed by atoms with Crippen molar-refractivity contribution in [1.82, 2.24) is 14.8 Å². The summed E-state index contributed by atoms with van der Waals surface area (Å²) in [6, 6.07) is 14.5. The van der Waals surface area contributed by atoms with Crippen molar-refractivity contribution < 1.29 is 14.3 Å². The molecule has 0 atom stereocenters. The number of hydrogen-bond donors (Lipinski definition) is 1. The average Bonchev–Trinajstić information content (AvgIpc) is 3.24. The van der Waals surface area contributed by atoms with Crippen LogP contribution in [0.25, 0.3) is 0 Å². The zero-order valence-electron chi connectivity index (χ0n) is 19.4. The van der Waals surface area contributed by atoms with Crippen molar-refractivity contribution in [1.29, 1.82) is 0 Å². The van der Waals surface area contributed by atoms with Crippen LogP contribution in [0.3, 0.4) is 0 Å². The van der Waals surface area contributed by atoms with E-state index in [1.54, 1.807) is 42.1 Å². The van der Waals surface area contributed by atoms with E-state index in [9.17, 15) is 9.59 Å². The first-order valence-corrected chi connectivity index (χ1v) is 13.6. The van der Waals surface area contributed by atoms with Crippen molar-refractivity contribution in [3.05, 3.63) is 83.2 Å². The number of nitrogens with one attached hydrogen (secondary N) is 1. The second kappa shape index (κ2) is 14.0. The van der Waals surface area contributed by atoms with Crippen molar-refractivity contribution in [2.45, 2.75) is 36.6 Å². The van der Waals surface area contributed by atoms with Crippen molar-refractivity contribution in [3.8, 4) is 0 Å². The van der Waals surface area contributed by atoms with Gasteiger partial charge in [0.05, 0.1) is 23.7 Å². The molecule has 3 rings (SSSR count). The van der Waals surface area contributed by atoms with Gasteiger partial charge in [-0.2, -0.15) is 0 Å². The van der Waals surface area contributed by atoms with E-state index in [-0.39, 0.29) is 11.7 Å². The van der Waals surface area contributed by atoms with Gasteiger partial charge < -0.3 is 14.6 Å². The maximum Gasteiger partial charge on any atom is 0.338 e. The SMILES string of the molecule is C=CCn1c(CSCc2ccc(Cl)cc2)nnc1SCC(=O)Nc1cccc(C(=O)OCCC)c1. The van der Waals surface area contributed by atoms with Crippen LogP contribution in [0.1, 0.15) is 35.1 Å². The summed E-state index contributed by atoms with van der Waals surface area (Å²) in [6.45, 7) is 6.67. The Bertz CT molecular complexity index is 1150. The fourth-order valence-electron chi connectivity index (χ4n) is 3.01. The smallest absolute Gasteiger partial charge is 0.338 e. The molecule has 184 valence electrons. The Labute approximate surface area is 218 Å². The van der Waals surface area contributed by atoms with E-state index in [0.717, 1.165) is 23.0 Å². The first-order valence-electron chi connectivity index (χ1n) is 11.0. The van der Waals surface area contributed by atoms with Crippen LogP contribution >= 0.6 is 35.1 Å². The normalized spacial score (nSPS) is 10.7. The molecule has 10 heteroatoms. The van der Waals surface area contributed by atoms with Gasteiger partial charge in [0, 0.05) is 23.0 Å². The van der Waals surface area contributed by atoms with Crippen LogP contribution < -0.4 is 5.32 Å². The molecule has 0 aliphatic rings. The standard InChI is InChI=1S/C25H27ClN4O3S2/c1-3-12-30-22(16-34-15-18-8-10-20(26)11-9-18)28-29-25(30)35-17-23(31)27-21-7-5-6-19(14-21)24(32)33-13-4-2/h3,5-11,14H,1,4,12-13,15-17H2,2H3,(H,27,31). The Kier molecular flexibility index (Phi) is 10.7. The molecule has 7 nitrogen and oxygen atoms in total. The van der Waals surface area contributed by atoms with Gasteiger partial charge in [-0.3, -0.25) is 4.79 Å². The highest BCUT2D eigenvalue weighted by Gasteiger charge is 2.14. The topological polar surface area (TPSA) is 86.1 Å². The molecular formula is C25H27ClN4O3S2. The van der Waals surface area contributed by atoms with Crippen LogP contribution in [-0.4, -0.2) is 39.0 Å². The Hall–Kier alpha value is -2.75. The van der Waals surface area contributed by atoms with Gasteiger partial charge in [-0.25, -0.2) is 4.79 Å². The number of carbonyl (C=O) groups is 2. The predicted molar refractivity (Wildman–Crippen MR) is 143 cm³/mol. The minimum atomic E-state index is -0.406. The van der Waals surface area contributed by atoms with Crippen molar-refractivity contribution in [3.63, 3.8) is 0 Å². The molecule has 0 aliphatic carbocycles. The first kappa shape index (κ1) is 26.8. The van der Waals surface area contributed by atoms with E-state index in [0.29, 0.717) is 35.3 Å². The number of carbonyl (C=O) groups excluding carboxylic acids is 2. The number of esters is 1. The summed E-state index contributed by atoms with van der Waals surface area (Å²) < 4.78 is 7.11. The fourth-order valence-corrected chi connectivity index (χ4v) is 4.83. The number of amides is 1. The average molecular weight is 531 g/mol. The van der Waals surface area contributed by atoms with E-state index in [1.807, 2.05) is 35.8 Å². The van der Waals surface area contributed by atoms with Gasteiger partial charge in [-0.15, -0.1) is 28.5 Å². The number of ether oxygens (including phenoxy) is 1. The minimum Gasteiger partial charge on any atom is -0.462 e. The summed E-state index contributed by atoms with van der Waals surface area (Å²) in [5.41, 5.74) is 2.12. The van der Waals surface area contributed by atoms with Crippen LogP contribution in [0.4, 0.5) is 5.69 Å². The zero-order chi connectivity index (χ0) is 25.0. The molecule has 0 saturated heterocycles. The number of nitrogens with zero attached hydrogens (tertiary/aromatic N) is 3. The second-order valence-corrected chi connectivity index (χ2v) is 9.84. The molecule has 2 aromatic carbocycles. The molecule has 1 heterocycles. The molecule has 1 N–H and O–H groups in total. The molecule has 0 saturated carbocycles. The monoisotopic (exact) mass is 530 g/mol. The summed E-state index contributed by atoms with van der Waals surface area (Å²) in [7, 11) is 0. The Morgan fingerprint density at radius 1 is 1.17 bits per heavy atom. The molecule has 1 amide bonds. The molecule has 0 fully saturated rings. The van der Waals surface area contributed by atoms with E-state index in [2.05, 4.69) is 22.1 Å². The second-order valence-electron chi connectivity index (χ2n) is 7.47. The van der Waals surface area contributed by atoms with E-state index in [4.69, 9.17) is 16.3 Å². The summed E-state index contributed by atoms with van der Waals surface area (Å²) in [5, 5.41) is 12.8. The molecule has 3 aromatic rings. The Morgan fingerprint density at radius 2 is 1.97 bits per heavy atom. The van der Waals surface area contributed by atoms with Gasteiger partial charge in [0.2, 0.25) is 5.91 Å². The highest BCUT2D eigenvalue weighted by Crippen LogP contribution is 2.23. The number of thioether (sulfide) groups is 2. The third-order valence-electron chi connectivity index (χ3n) is 4.67. The summed E-state index contributed by atoms with van der Waals surface area (Å²) in [4.78, 5) is 24.6. The van der Waals surface area contributed by atoms with Crippen LogP contribution in [0.5, 0.6) is 0 Å². The lowest BCUT2D eigenvalue weighted by molar-refractivity contribution is -0.113. The highest BCUT2D eigenvalue weighted by atomic mass is 35.5. The van der Waals surface area contributed by atoms with E-state index < -0.39 is 5.97 Å². The van der Waals surface area contributed by atoms with Gasteiger partial charge in [0.1, 0.15) is 5.82 Å². The maximum absolute atomic E-state index is 12.5. The molecule has 1 aromatic heterocycles. The maximum atomic E-state index is 12.5. The summed E-state index contributed by atoms with van der Waals surface area (Å²) >= 11 is 8.97. The number of rotatable bonds is 13. The molecular weight excluding hydrogens is 504 g/mol. The molecule has 0 aliphatic heterocycles. The largest absolute Gasteiger partial charge is 0.462 e. The molecule has 35 heavy (non-hydrogen) atoms. The molecule has 0 unspecified atom stereocenters. The van der Waals surface area contributed by atoms with Gasteiger partial charge >= 0.3 is 5.97 Å². The van der Waals surface area contributed by atoms with E-state index >= 15 is 0 Å². The van der Waals surface area contributed by atoms with Crippen molar-refractivity contribution in [2.24, 2.45) is 0 Å². The Balaban J connectivity index is 1.54. The van der Waals surface area contributed by atoms with Crippen molar-refractivity contribution >= 4 is 52.7 Å². The lowest BCUT2D eigenvalue weighted by atomic mass is 10.2. The predicted octanol–water partition coefficient (Wildman–Crippen LogP) is 5.85. The number of halogens is 1. The number of anilines is 1. The zero-order valence-corrected chi connectivity index (χ0v) is 21.8. The minimum absolute atomic E-state index is 0.150. The number of hydrogen-bond acceptors (Lipinski definition) is 7. The van der Waals surface area contributed by atoms with Gasteiger partial charge in [-0.1, -0.05) is 54.6 Å². The fraction of sp³-hybridized carbons (Fsp3) is 0.280. The lowest BCUT2D eigenvalue weighted by Crippen LogP contribution is -2.15. The van der Waals surface area contributed by atoms with Gasteiger partial charge in [0.15, 0.2) is 5.16 Å². The Morgan fingerprint density at radius 3 is 2.71 bits per heavy atom. The van der Waals surface area contributed by atoms with Crippen LogP contribution in [0.2, 0.25) is 5.02 Å². The number of allylic oxidation sites excluding steroid dienone is 1. The van der Waals surface area contributed by atoms with Gasteiger partial charge in [-0.05, 0) is 42.3 Å². The van der Waals surface area contributed by atoms with Crippen molar-refractivity contribution in [2.75, 3.05) is 17.7 Å². The van der Waals surface area contributed by atoms with Crippen LogP contribution in [0.15, 0.2) is 66.3 Å². The molecule has 0 bridgehead atoms.